The fourth-order valence-corrected chi connectivity index (χ4v) is 2.98. The van der Waals surface area contributed by atoms with E-state index in [1.54, 1.807) is 0 Å². The molecular formula is C16H16N4O2S. The maximum atomic E-state index is 11.2. The average Bonchev–Trinajstić information content (AvgIpc) is 2.86. The summed E-state index contributed by atoms with van der Waals surface area (Å²) in [6.45, 7) is 1.16. The second-order valence-corrected chi connectivity index (χ2v) is 6.00. The number of anilines is 1. The lowest BCUT2D eigenvalue weighted by Crippen LogP contribution is -2.25. The van der Waals surface area contributed by atoms with E-state index in [0.29, 0.717) is 37.2 Å². The standard InChI is InChI=1S/C16H16N4O2S/c17-7-1-9-20(10-2-8-18)13-5-3-12(4-6-13)11-14-15(21)19-16(22)23-14/h3-6,21H,1-2,9-11H2,(H,19,22). The first kappa shape index (κ1) is 16.6. The Morgan fingerprint density at radius 1 is 1.13 bits per heavy atom. The van der Waals surface area contributed by atoms with Crippen molar-refractivity contribution in [2.45, 2.75) is 19.3 Å². The maximum Gasteiger partial charge on any atom is 0.307 e. The van der Waals surface area contributed by atoms with E-state index in [9.17, 15) is 9.90 Å². The zero-order valence-corrected chi connectivity index (χ0v) is 13.3. The van der Waals surface area contributed by atoms with Gasteiger partial charge in [0.25, 0.3) is 0 Å². The van der Waals surface area contributed by atoms with Gasteiger partial charge in [0.1, 0.15) is 0 Å². The van der Waals surface area contributed by atoms with Gasteiger partial charge >= 0.3 is 4.87 Å². The lowest BCUT2D eigenvalue weighted by molar-refractivity contribution is 0.451. The number of hydrogen-bond donors (Lipinski definition) is 2. The van der Waals surface area contributed by atoms with E-state index in [4.69, 9.17) is 10.5 Å². The molecule has 2 rings (SSSR count). The van der Waals surface area contributed by atoms with Crippen LogP contribution in [0.4, 0.5) is 5.69 Å². The van der Waals surface area contributed by atoms with E-state index < -0.39 is 0 Å². The molecule has 0 spiro atoms. The van der Waals surface area contributed by atoms with Crippen LogP contribution in [-0.4, -0.2) is 23.2 Å². The lowest BCUT2D eigenvalue weighted by atomic mass is 10.1. The molecular weight excluding hydrogens is 312 g/mol. The summed E-state index contributed by atoms with van der Waals surface area (Å²) in [5, 5.41) is 27.1. The minimum atomic E-state index is -0.270. The second-order valence-electron chi connectivity index (χ2n) is 4.93. The molecule has 0 unspecified atom stereocenters. The van der Waals surface area contributed by atoms with Gasteiger partial charge in [-0.25, -0.2) is 0 Å². The van der Waals surface area contributed by atoms with Gasteiger partial charge in [-0.15, -0.1) is 0 Å². The highest BCUT2D eigenvalue weighted by Crippen LogP contribution is 2.22. The van der Waals surface area contributed by atoms with Crippen molar-refractivity contribution in [3.8, 4) is 18.0 Å². The van der Waals surface area contributed by atoms with Crippen LogP contribution in [0.2, 0.25) is 0 Å². The zero-order valence-electron chi connectivity index (χ0n) is 12.5. The van der Waals surface area contributed by atoms with Crippen molar-refractivity contribution in [3.05, 3.63) is 44.4 Å². The van der Waals surface area contributed by atoms with Gasteiger partial charge in [-0.05, 0) is 17.7 Å². The zero-order chi connectivity index (χ0) is 16.7. The Morgan fingerprint density at radius 3 is 2.22 bits per heavy atom. The van der Waals surface area contributed by atoms with Gasteiger partial charge in [0.05, 0.1) is 29.9 Å². The molecule has 118 valence electrons. The molecule has 1 aromatic heterocycles. The average molecular weight is 328 g/mol. The third-order valence-corrected chi connectivity index (χ3v) is 4.23. The van der Waals surface area contributed by atoms with Crippen molar-refractivity contribution < 1.29 is 5.11 Å². The third kappa shape index (κ3) is 4.60. The highest BCUT2D eigenvalue weighted by Gasteiger charge is 2.09. The Kier molecular flexibility index (Phi) is 5.79. The van der Waals surface area contributed by atoms with Crippen LogP contribution in [0.15, 0.2) is 29.1 Å². The fourth-order valence-electron chi connectivity index (χ4n) is 2.22. The third-order valence-electron chi connectivity index (χ3n) is 3.35. The normalized spacial score (nSPS) is 10.0. The predicted octanol–water partition coefficient (Wildman–Crippen LogP) is 2.37. The summed E-state index contributed by atoms with van der Waals surface area (Å²) in [6, 6.07) is 11.9. The van der Waals surface area contributed by atoms with Gasteiger partial charge < -0.3 is 10.0 Å². The molecule has 2 N–H and O–H groups in total. The molecule has 0 radical (unpaired) electrons. The van der Waals surface area contributed by atoms with Gasteiger partial charge in [0, 0.05) is 25.2 Å². The summed E-state index contributed by atoms with van der Waals surface area (Å²) in [6.07, 6.45) is 1.28. The van der Waals surface area contributed by atoms with Crippen LogP contribution in [-0.2, 0) is 6.42 Å². The molecule has 0 aliphatic heterocycles. The molecule has 1 aromatic carbocycles. The quantitative estimate of drug-likeness (QED) is 0.812. The summed E-state index contributed by atoms with van der Waals surface area (Å²) in [4.78, 5) is 15.9. The molecule has 0 aliphatic rings. The molecule has 6 nitrogen and oxygen atoms in total. The van der Waals surface area contributed by atoms with Crippen LogP contribution in [0.3, 0.4) is 0 Å². The van der Waals surface area contributed by atoms with Gasteiger partial charge in [0.15, 0.2) is 0 Å². The number of H-pyrrole nitrogens is 1. The number of aromatic amines is 1. The number of aromatic nitrogens is 1. The minimum absolute atomic E-state index is 0.0752. The Labute approximate surface area is 137 Å². The summed E-state index contributed by atoms with van der Waals surface area (Å²) >= 11 is 0.998. The number of nitriles is 2. The van der Waals surface area contributed by atoms with Crippen LogP contribution in [0.5, 0.6) is 5.88 Å². The molecule has 0 saturated carbocycles. The highest BCUT2D eigenvalue weighted by atomic mass is 32.1. The summed E-state index contributed by atoms with van der Waals surface area (Å²) in [7, 11) is 0. The molecule has 0 amide bonds. The number of benzene rings is 1. The lowest BCUT2D eigenvalue weighted by Gasteiger charge is -2.22. The first-order valence-corrected chi connectivity index (χ1v) is 7.94. The monoisotopic (exact) mass is 328 g/mol. The number of aromatic hydroxyl groups is 1. The first-order chi connectivity index (χ1) is 11.1. The number of rotatable bonds is 7. The molecule has 0 aliphatic carbocycles. The van der Waals surface area contributed by atoms with Gasteiger partial charge in [0.2, 0.25) is 5.88 Å². The summed E-state index contributed by atoms with van der Waals surface area (Å²) in [5.41, 5.74) is 1.92. The minimum Gasteiger partial charge on any atom is -0.494 e. The highest BCUT2D eigenvalue weighted by molar-refractivity contribution is 7.09. The number of nitrogens with one attached hydrogen (secondary N) is 1. The Morgan fingerprint density at radius 2 is 1.74 bits per heavy atom. The molecule has 0 atom stereocenters. The smallest absolute Gasteiger partial charge is 0.307 e. The van der Waals surface area contributed by atoms with Gasteiger partial charge in [-0.1, -0.05) is 23.5 Å². The Hall–Kier alpha value is -2.77. The number of nitrogens with zero attached hydrogens (tertiary/aromatic N) is 3. The van der Waals surface area contributed by atoms with Gasteiger partial charge in [-0.2, -0.15) is 10.5 Å². The summed E-state index contributed by atoms with van der Waals surface area (Å²) < 4.78 is 0. The van der Waals surface area contributed by atoms with Crippen LogP contribution >= 0.6 is 11.3 Å². The fraction of sp³-hybridized carbons (Fsp3) is 0.312. The molecule has 0 bridgehead atoms. The molecule has 7 heteroatoms. The molecule has 23 heavy (non-hydrogen) atoms. The van der Waals surface area contributed by atoms with E-state index in [1.807, 2.05) is 29.2 Å². The largest absolute Gasteiger partial charge is 0.494 e. The van der Waals surface area contributed by atoms with Crippen LogP contribution in [0.25, 0.3) is 0 Å². The van der Waals surface area contributed by atoms with Crippen LogP contribution in [0.1, 0.15) is 23.3 Å². The molecule has 0 fully saturated rings. The Bertz CT molecular complexity index is 762. The van der Waals surface area contributed by atoms with E-state index >= 15 is 0 Å². The van der Waals surface area contributed by atoms with E-state index in [1.165, 1.54) is 0 Å². The SMILES string of the molecule is N#CCCN(CCC#N)c1ccc(Cc2sc(=O)[nH]c2O)cc1. The number of hydrogen-bond acceptors (Lipinski definition) is 6. The van der Waals surface area contributed by atoms with Crippen molar-refractivity contribution in [1.29, 1.82) is 10.5 Å². The van der Waals surface area contributed by atoms with Crippen molar-refractivity contribution in [3.63, 3.8) is 0 Å². The van der Waals surface area contributed by atoms with Crippen LogP contribution in [0, 0.1) is 22.7 Å². The van der Waals surface area contributed by atoms with E-state index in [2.05, 4.69) is 17.1 Å². The van der Waals surface area contributed by atoms with Crippen molar-refractivity contribution in [2.75, 3.05) is 18.0 Å². The number of thiazole rings is 1. The van der Waals surface area contributed by atoms with E-state index in [0.717, 1.165) is 22.6 Å². The maximum absolute atomic E-state index is 11.2. The Balaban J connectivity index is 2.10. The molecule has 1 heterocycles. The molecule has 0 saturated heterocycles. The predicted molar refractivity (Wildman–Crippen MR) is 88.5 cm³/mol. The topological polar surface area (TPSA) is 104 Å². The molecule has 2 aromatic rings. The second kappa shape index (κ2) is 8.02. The van der Waals surface area contributed by atoms with E-state index in [-0.39, 0.29) is 10.8 Å². The summed E-state index contributed by atoms with van der Waals surface area (Å²) in [5.74, 6) is -0.0752. The first-order valence-electron chi connectivity index (χ1n) is 7.12. The van der Waals surface area contributed by atoms with Gasteiger partial charge in [-0.3, -0.25) is 9.78 Å². The van der Waals surface area contributed by atoms with Crippen LogP contribution < -0.4 is 9.77 Å². The van der Waals surface area contributed by atoms with Crippen molar-refractivity contribution >= 4 is 17.0 Å². The van der Waals surface area contributed by atoms with Crippen molar-refractivity contribution in [2.24, 2.45) is 0 Å². The van der Waals surface area contributed by atoms with Crippen molar-refractivity contribution in [1.82, 2.24) is 4.98 Å².